The van der Waals surface area contributed by atoms with Gasteiger partial charge in [-0.3, -0.25) is 4.79 Å². The van der Waals surface area contributed by atoms with Gasteiger partial charge in [-0.25, -0.2) is 0 Å². The van der Waals surface area contributed by atoms with Gasteiger partial charge in [0.1, 0.15) is 0 Å². The number of nitrogens with zero attached hydrogens (tertiary/aromatic N) is 3. The predicted octanol–water partition coefficient (Wildman–Crippen LogP) is 2.88. The van der Waals surface area contributed by atoms with Crippen LogP contribution in [0.25, 0.3) is 0 Å². The Kier molecular flexibility index (Phi) is 5.54. The number of hydrogen-bond acceptors (Lipinski definition) is 3. The summed E-state index contributed by atoms with van der Waals surface area (Å²) in [5.41, 5.74) is 0.348. The van der Waals surface area contributed by atoms with Crippen LogP contribution in [0.2, 0.25) is 5.15 Å². The lowest BCUT2D eigenvalue weighted by atomic mass is 10.1. The van der Waals surface area contributed by atoms with E-state index in [0.29, 0.717) is 22.7 Å². The third-order valence-electron chi connectivity index (χ3n) is 2.31. The number of hydrogen-bond donors (Lipinski definition) is 0. The highest BCUT2D eigenvalue weighted by Crippen LogP contribution is 2.10. The fraction of sp³-hybridized carbons (Fsp3) is 0.615. The van der Waals surface area contributed by atoms with E-state index < -0.39 is 0 Å². The summed E-state index contributed by atoms with van der Waals surface area (Å²) in [6.45, 7) is 9.81. The van der Waals surface area contributed by atoms with Crippen molar-refractivity contribution in [2.24, 2.45) is 11.8 Å². The summed E-state index contributed by atoms with van der Waals surface area (Å²) >= 11 is 5.67. The van der Waals surface area contributed by atoms with Gasteiger partial charge >= 0.3 is 0 Å². The van der Waals surface area contributed by atoms with Crippen LogP contribution in [-0.4, -0.2) is 34.1 Å². The molecule has 1 aromatic rings. The van der Waals surface area contributed by atoms with E-state index in [0.717, 1.165) is 13.1 Å². The molecule has 0 radical (unpaired) electrons. The number of carbonyl (C=O) groups excluding carboxylic acids is 1. The molecule has 1 rings (SSSR count). The Morgan fingerprint density at radius 3 is 2.11 bits per heavy atom. The lowest BCUT2D eigenvalue weighted by molar-refractivity contribution is 0.0708. The Morgan fingerprint density at radius 2 is 1.72 bits per heavy atom. The van der Waals surface area contributed by atoms with Gasteiger partial charge in [-0.15, -0.1) is 10.2 Å². The molecule has 0 aliphatic rings. The van der Waals surface area contributed by atoms with Crippen molar-refractivity contribution in [2.75, 3.05) is 13.1 Å². The highest BCUT2D eigenvalue weighted by molar-refractivity contribution is 6.29. The van der Waals surface area contributed by atoms with E-state index >= 15 is 0 Å². The summed E-state index contributed by atoms with van der Waals surface area (Å²) in [6.07, 6.45) is 0. The van der Waals surface area contributed by atoms with Crippen molar-refractivity contribution in [1.82, 2.24) is 15.1 Å². The molecule has 1 aromatic heterocycles. The maximum atomic E-state index is 12.3. The Labute approximate surface area is 113 Å². The van der Waals surface area contributed by atoms with E-state index in [1.165, 1.54) is 0 Å². The maximum Gasteiger partial charge on any atom is 0.274 e. The van der Waals surface area contributed by atoms with E-state index in [4.69, 9.17) is 11.6 Å². The molecule has 0 fully saturated rings. The van der Waals surface area contributed by atoms with E-state index in [-0.39, 0.29) is 5.91 Å². The lowest BCUT2D eigenvalue weighted by Gasteiger charge is -2.25. The van der Waals surface area contributed by atoms with E-state index in [1.807, 2.05) is 4.90 Å². The highest BCUT2D eigenvalue weighted by atomic mass is 35.5. The molecule has 0 bridgehead atoms. The first kappa shape index (κ1) is 14.9. The first-order valence-corrected chi connectivity index (χ1v) is 6.56. The third kappa shape index (κ3) is 4.61. The number of rotatable bonds is 5. The van der Waals surface area contributed by atoms with Gasteiger partial charge in [0.15, 0.2) is 10.8 Å². The molecule has 0 spiro atoms. The minimum absolute atomic E-state index is 0.0819. The van der Waals surface area contributed by atoms with Gasteiger partial charge in [-0.05, 0) is 24.0 Å². The molecule has 0 saturated heterocycles. The van der Waals surface area contributed by atoms with Gasteiger partial charge < -0.3 is 4.90 Å². The van der Waals surface area contributed by atoms with Crippen molar-refractivity contribution in [2.45, 2.75) is 27.7 Å². The van der Waals surface area contributed by atoms with Gasteiger partial charge in [0.2, 0.25) is 0 Å². The molecular formula is C13H20ClN3O. The molecule has 1 amide bonds. The van der Waals surface area contributed by atoms with Crippen LogP contribution in [0.3, 0.4) is 0 Å². The second-order valence-corrected chi connectivity index (χ2v) is 5.63. The largest absolute Gasteiger partial charge is 0.337 e. The van der Waals surface area contributed by atoms with Crippen LogP contribution in [0.15, 0.2) is 12.1 Å². The predicted molar refractivity (Wildman–Crippen MR) is 72.6 cm³/mol. The molecule has 4 nitrogen and oxygen atoms in total. The van der Waals surface area contributed by atoms with Crippen LogP contribution in [-0.2, 0) is 0 Å². The van der Waals surface area contributed by atoms with Crippen LogP contribution in [0.1, 0.15) is 38.2 Å². The molecule has 0 unspecified atom stereocenters. The summed E-state index contributed by atoms with van der Waals surface area (Å²) in [4.78, 5) is 14.1. The first-order valence-electron chi connectivity index (χ1n) is 6.18. The minimum atomic E-state index is -0.0819. The second kappa shape index (κ2) is 6.69. The average molecular weight is 270 g/mol. The minimum Gasteiger partial charge on any atom is -0.337 e. The average Bonchev–Trinajstić information content (AvgIpc) is 2.27. The van der Waals surface area contributed by atoms with Crippen molar-refractivity contribution in [3.8, 4) is 0 Å². The number of halogens is 1. The molecule has 0 N–H and O–H groups in total. The third-order valence-corrected chi connectivity index (χ3v) is 2.51. The number of amides is 1. The monoisotopic (exact) mass is 269 g/mol. The summed E-state index contributed by atoms with van der Waals surface area (Å²) in [7, 11) is 0. The standard InChI is InChI=1S/C13H20ClN3O/c1-9(2)7-17(8-10(3)4)13(18)11-5-6-12(14)16-15-11/h5-6,9-10H,7-8H2,1-4H3. The molecule has 0 atom stereocenters. The summed E-state index contributed by atoms with van der Waals surface area (Å²) < 4.78 is 0. The SMILES string of the molecule is CC(C)CN(CC(C)C)C(=O)c1ccc(Cl)nn1. The van der Waals surface area contributed by atoms with Gasteiger partial charge in [0.05, 0.1) is 0 Å². The van der Waals surface area contributed by atoms with Crippen LogP contribution in [0.4, 0.5) is 0 Å². The zero-order chi connectivity index (χ0) is 13.7. The van der Waals surface area contributed by atoms with Crippen molar-refractivity contribution < 1.29 is 4.79 Å². The van der Waals surface area contributed by atoms with Crippen molar-refractivity contribution >= 4 is 17.5 Å². The molecule has 0 aliphatic heterocycles. The fourth-order valence-corrected chi connectivity index (χ4v) is 1.81. The normalized spacial score (nSPS) is 11.1. The Balaban J connectivity index is 2.83. The van der Waals surface area contributed by atoms with E-state index in [9.17, 15) is 4.79 Å². The molecule has 0 aromatic carbocycles. The summed E-state index contributed by atoms with van der Waals surface area (Å²) in [5.74, 6) is 0.766. The van der Waals surface area contributed by atoms with Crippen LogP contribution in [0.5, 0.6) is 0 Å². The van der Waals surface area contributed by atoms with Crippen LogP contribution in [0, 0.1) is 11.8 Å². The molecule has 1 heterocycles. The molecule has 0 aliphatic carbocycles. The number of carbonyl (C=O) groups is 1. The second-order valence-electron chi connectivity index (χ2n) is 5.24. The van der Waals surface area contributed by atoms with Crippen molar-refractivity contribution in [3.05, 3.63) is 23.0 Å². The topological polar surface area (TPSA) is 46.1 Å². The maximum absolute atomic E-state index is 12.3. The van der Waals surface area contributed by atoms with E-state index in [1.54, 1.807) is 12.1 Å². The molecule has 0 saturated carbocycles. The van der Waals surface area contributed by atoms with Crippen LogP contribution < -0.4 is 0 Å². The molecule has 100 valence electrons. The molecule has 18 heavy (non-hydrogen) atoms. The van der Waals surface area contributed by atoms with Gasteiger partial charge in [-0.1, -0.05) is 39.3 Å². The molecular weight excluding hydrogens is 250 g/mol. The highest BCUT2D eigenvalue weighted by Gasteiger charge is 2.19. The smallest absolute Gasteiger partial charge is 0.274 e. The zero-order valence-corrected chi connectivity index (χ0v) is 12.1. The van der Waals surface area contributed by atoms with Gasteiger partial charge in [-0.2, -0.15) is 0 Å². The Morgan fingerprint density at radius 1 is 1.17 bits per heavy atom. The molecule has 5 heteroatoms. The fourth-order valence-electron chi connectivity index (χ4n) is 1.71. The van der Waals surface area contributed by atoms with E-state index in [2.05, 4.69) is 37.9 Å². The van der Waals surface area contributed by atoms with Gasteiger partial charge in [0.25, 0.3) is 5.91 Å². The Hall–Kier alpha value is -1.16. The van der Waals surface area contributed by atoms with Crippen molar-refractivity contribution in [3.63, 3.8) is 0 Å². The van der Waals surface area contributed by atoms with Crippen molar-refractivity contribution in [1.29, 1.82) is 0 Å². The Bertz CT molecular complexity index is 380. The van der Waals surface area contributed by atoms with Gasteiger partial charge in [0, 0.05) is 13.1 Å². The quantitative estimate of drug-likeness (QED) is 0.826. The number of aromatic nitrogens is 2. The summed E-state index contributed by atoms with van der Waals surface area (Å²) in [5, 5.41) is 7.85. The van der Waals surface area contributed by atoms with Crippen LogP contribution >= 0.6 is 11.6 Å². The lowest BCUT2D eigenvalue weighted by Crippen LogP contribution is -2.37. The summed E-state index contributed by atoms with van der Waals surface area (Å²) in [6, 6.07) is 3.20. The zero-order valence-electron chi connectivity index (χ0n) is 11.4. The first-order chi connectivity index (χ1) is 8.40.